The number of hydrogen-bond acceptors (Lipinski definition) is 2. The second-order valence-electron chi connectivity index (χ2n) is 9.87. The SMILES string of the molecule is C[C@@H](O)[C@@H]1CC[C@H]2[C@@H]3CC[C@H]4CC(=O)CC[C@]4(C)[C@H]3CC[C@@]21C. The van der Waals surface area contributed by atoms with Crippen molar-refractivity contribution < 1.29 is 9.90 Å². The molecule has 4 saturated carbocycles. The van der Waals surface area contributed by atoms with Gasteiger partial charge in [-0.25, -0.2) is 0 Å². The summed E-state index contributed by atoms with van der Waals surface area (Å²) in [6.45, 7) is 7.01. The van der Waals surface area contributed by atoms with Crippen LogP contribution in [0.2, 0.25) is 0 Å². The third kappa shape index (κ3) is 2.19. The van der Waals surface area contributed by atoms with Crippen LogP contribution in [0.5, 0.6) is 0 Å². The summed E-state index contributed by atoms with van der Waals surface area (Å²) < 4.78 is 0. The molecular formula is C21H34O2. The van der Waals surface area contributed by atoms with E-state index in [1.165, 1.54) is 38.5 Å². The third-order valence-electron chi connectivity index (χ3n) is 9.14. The largest absolute Gasteiger partial charge is 0.393 e. The van der Waals surface area contributed by atoms with Gasteiger partial charge >= 0.3 is 0 Å². The molecule has 0 amide bonds. The second-order valence-corrected chi connectivity index (χ2v) is 9.87. The number of rotatable bonds is 1. The van der Waals surface area contributed by atoms with Crippen molar-refractivity contribution in [1.82, 2.24) is 0 Å². The van der Waals surface area contributed by atoms with Crippen LogP contribution in [0.25, 0.3) is 0 Å². The number of aliphatic hydroxyl groups excluding tert-OH is 1. The standard InChI is InChI=1S/C21H34O2/c1-13(22)17-6-7-18-16-5-4-14-12-15(23)8-10-20(14,2)19(16)9-11-21(17,18)3/h13-14,16-19,22H,4-12H2,1-3H3/t13-,14+,16+,17+,18+,19+,20+,21-/m1/s1. The van der Waals surface area contributed by atoms with Crippen molar-refractivity contribution in [1.29, 1.82) is 0 Å². The lowest BCUT2D eigenvalue weighted by atomic mass is 9.44. The van der Waals surface area contributed by atoms with Crippen molar-refractivity contribution in [3.63, 3.8) is 0 Å². The summed E-state index contributed by atoms with van der Waals surface area (Å²) in [6, 6.07) is 0. The van der Waals surface area contributed by atoms with Gasteiger partial charge in [0.1, 0.15) is 5.78 Å². The van der Waals surface area contributed by atoms with E-state index in [1.807, 2.05) is 6.92 Å². The molecule has 0 spiro atoms. The van der Waals surface area contributed by atoms with Crippen LogP contribution in [0.15, 0.2) is 0 Å². The molecule has 2 heteroatoms. The van der Waals surface area contributed by atoms with Gasteiger partial charge in [0.15, 0.2) is 0 Å². The average Bonchev–Trinajstić information content (AvgIpc) is 2.85. The van der Waals surface area contributed by atoms with Crippen LogP contribution in [-0.2, 0) is 4.79 Å². The van der Waals surface area contributed by atoms with Crippen molar-refractivity contribution in [3.8, 4) is 0 Å². The van der Waals surface area contributed by atoms with Crippen LogP contribution < -0.4 is 0 Å². The number of carbonyl (C=O) groups excluding carboxylic acids is 1. The number of Topliss-reactive ketones (excluding diaryl/α,β-unsaturated/α-hetero) is 1. The number of carbonyl (C=O) groups is 1. The molecule has 23 heavy (non-hydrogen) atoms. The Morgan fingerprint density at radius 3 is 2.48 bits per heavy atom. The Labute approximate surface area is 141 Å². The summed E-state index contributed by atoms with van der Waals surface area (Å²) in [4.78, 5) is 11.9. The summed E-state index contributed by atoms with van der Waals surface area (Å²) >= 11 is 0. The highest BCUT2D eigenvalue weighted by molar-refractivity contribution is 5.79. The summed E-state index contributed by atoms with van der Waals surface area (Å²) in [5.74, 6) is 4.18. The summed E-state index contributed by atoms with van der Waals surface area (Å²) in [5, 5.41) is 10.3. The molecule has 0 radical (unpaired) electrons. The highest BCUT2D eigenvalue weighted by atomic mass is 16.3. The van der Waals surface area contributed by atoms with Gasteiger partial charge in [-0.1, -0.05) is 13.8 Å². The van der Waals surface area contributed by atoms with Crippen LogP contribution in [0.4, 0.5) is 0 Å². The first-order valence-corrected chi connectivity index (χ1v) is 10.1. The Hall–Kier alpha value is -0.370. The monoisotopic (exact) mass is 318 g/mol. The first kappa shape index (κ1) is 16.1. The molecule has 1 N–H and O–H groups in total. The lowest BCUT2D eigenvalue weighted by Gasteiger charge is -2.60. The lowest BCUT2D eigenvalue weighted by molar-refractivity contribution is -0.141. The molecule has 4 aliphatic carbocycles. The zero-order valence-electron chi connectivity index (χ0n) is 15.2. The van der Waals surface area contributed by atoms with Crippen molar-refractivity contribution in [2.75, 3.05) is 0 Å². The zero-order chi connectivity index (χ0) is 16.4. The minimum Gasteiger partial charge on any atom is -0.393 e. The van der Waals surface area contributed by atoms with E-state index in [9.17, 15) is 9.90 Å². The second kappa shape index (κ2) is 5.31. The smallest absolute Gasteiger partial charge is 0.133 e. The van der Waals surface area contributed by atoms with Crippen LogP contribution in [0.1, 0.15) is 78.6 Å². The van der Waals surface area contributed by atoms with E-state index in [-0.39, 0.29) is 6.10 Å². The minimum atomic E-state index is -0.152. The molecular weight excluding hydrogens is 284 g/mol. The van der Waals surface area contributed by atoms with Gasteiger partial charge in [-0.05, 0) is 92.3 Å². The molecule has 0 heterocycles. The maximum atomic E-state index is 11.9. The van der Waals surface area contributed by atoms with Gasteiger partial charge in [0.2, 0.25) is 0 Å². The molecule has 0 saturated heterocycles. The molecule has 0 aromatic carbocycles. The summed E-state index contributed by atoms with van der Waals surface area (Å²) in [7, 11) is 0. The van der Waals surface area contributed by atoms with Crippen LogP contribution in [-0.4, -0.2) is 17.0 Å². The van der Waals surface area contributed by atoms with Crippen LogP contribution in [0, 0.1) is 40.4 Å². The van der Waals surface area contributed by atoms with Crippen molar-refractivity contribution in [2.24, 2.45) is 40.4 Å². The van der Waals surface area contributed by atoms with E-state index in [1.54, 1.807) is 0 Å². The molecule has 8 atom stereocenters. The molecule has 0 aromatic rings. The number of hydrogen-bond donors (Lipinski definition) is 1. The van der Waals surface area contributed by atoms with Crippen molar-refractivity contribution in [2.45, 2.75) is 84.7 Å². The Morgan fingerprint density at radius 1 is 1.00 bits per heavy atom. The molecule has 2 nitrogen and oxygen atoms in total. The van der Waals surface area contributed by atoms with E-state index >= 15 is 0 Å². The van der Waals surface area contributed by atoms with Gasteiger partial charge in [0, 0.05) is 12.8 Å². The Bertz CT molecular complexity index is 498. The van der Waals surface area contributed by atoms with E-state index < -0.39 is 0 Å². The normalized spacial score (nSPS) is 54.1. The fourth-order valence-electron chi connectivity index (χ4n) is 7.88. The highest BCUT2D eigenvalue weighted by Gasteiger charge is 2.60. The Morgan fingerprint density at radius 2 is 1.74 bits per heavy atom. The van der Waals surface area contributed by atoms with E-state index in [4.69, 9.17) is 0 Å². The molecule has 0 aliphatic heterocycles. The van der Waals surface area contributed by atoms with E-state index in [2.05, 4.69) is 13.8 Å². The lowest BCUT2D eigenvalue weighted by Crippen LogP contribution is -2.54. The summed E-state index contributed by atoms with van der Waals surface area (Å²) in [5.41, 5.74) is 0.782. The predicted octanol–water partition coefficient (Wildman–Crippen LogP) is 4.60. The molecule has 0 unspecified atom stereocenters. The number of ketones is 1. The zero-order valence-corrected chi connectivity index (χ0v) is 15.2. The van der Waals surface area contributed by atoms with E-state index in [0.29, 0.717) is 28.4 Å². The van der Waals surface area contributed by atoms with Gasteiger partial charge in [-0.2, -0.15) is 0 Å². The Balaban J connectivity index is 1.61. The maximum Gasteiger partial charge on any atom is 0.133 e. The first-order chi connectivity index (χ1) is 10.9. The molecule has 0 aromatic heterocycles. The molecule has 4 aliphatic rings. The fourth-order valence-corrected chi connectivity index (χ4v) is 7.88. The van der Waals surface area contributed by atoms with Crippen molar-refractivity contribution in [3.05, 3.63) is 0 Å². The quantitative estimate of drug-likeness (QED) is 0.767. The van der Waals surface area contributed by atoms with Gasteiger partial charge in [-0.3, -0.25) is 4.79 Å². The van der Waals surface area contributed by atoms with Crippen molar-refractivity contribution >= 4 is 5.78 Å². The third-order valence-corrected chi connectivity index (χ3v) is 9.14. The molecule has 0 bridgehead atoms. The van der Waals surface area contributed by atoms with Crippen LogP contribution in [0.3, 0.4) is 0 Å². The molecule has 4 rings (SSSR count). The molecule has 4 fully saturated rings. The fraction of sp³-hybridized carbons (Fsp3) is 0.952. The highest BCUT2D eigenvalue weighted by Crippen LogP contribution is 2.67. The van der Waals surface area contributed by atoms with Gasteiger partial charge in [0.25, 0.3) is 0 Å². The molecule has 130 valence electrons. The van der Waals surface area contributed by atoms with Gasteiger partial charge in [-0.15, -0.1) is 0 Å². The average molecular weight is 319 g/mol. The van der Waals surface area contributed by atoms with Gasteiger partial charge < -0.3 is 5.11 Å². The minimum absolute atomic E-state index is 0.152. The predicted molar refractivity (Wildman–Crippen MR) is 91.9 cm³/mol. The first-order valence-electron chi connectivity index (χ1n) is 10.1. The number of fused-ring (bicyclic) bond motifs is 5. The van der Waals surface area contributed by atoms with Crippen LogP contribution >= 0.6 is 0 Å². The topological polar surface area (TPSA) is 37.3 Å². The Kier molecular flexibility index (Phi) is 3.72. The van der Waals surface area contributed by atoms with Gasteiger partial charge in [0.05, 0.1) is 6.10 Å². The summed E-state index contributed by atoms with van der Waals surface area (Å²) in [6.07, 6.45) is 10.5. The van der Waals surface area contributed by atoms with E-state index in [0.717, 1.165) is 37.0 Å². The number of aliphatic hydroxyl groups is 1. The maximum absolute atomic E-state index is 11.9.